The first-order chi connectivity index (χ1) is 12.8. The molecule has 2 fully saturated rings. The van der Waals surface area contributed by atoms with Crippen molar-refractivity contribution in [3.05, 3.63) is 0 Å². The molecule has 0 amide bonds. The van der Waals surface area contributed by atoms with Crippen molar-refractivity contribution in [1.29, 1.82) is 0 Å². The van der Waals surface area contributed by atoms with Crippen LogP contribution in [0.2, 0.25) is 18.1 Å². The molecule has 0 spiro atoms. The smallest absolute Gasteiger partial charge is 0.192 e. The molecule has 5 atom stereocenters. The van der Waals surface area contributed by atoms with Gasteiger partial charge in [-0.2, -0.15) is 0 Å². The lowest BCUT2D eigenvalue weighted by atomic mass is 9.52. The van der Waals surface area contributed by atoms with Crippen molar-refractivity contribution in [2.75, 3.05) is 0 Å². The Kier molecular flexibility index (Phi) is 8.61. The van der Waals surface area contributed by atoms with E-state index in [1.165, 1.54) is 56.7 Å². The summed E-state index contributed by atoms with van der Waals surface area (Å²) in [7, 11) is -1.47. The Morgan fingerprint density at radius 3 is 2.37 bits per heavy atom. The van der Waals surface area contributed by atoms with Crippen LogP contribution in [0.5, 0.6) is 0 Å². The highest BCUT2D eigenvalue weighted by Gasteiger charge is 2.49. The molecule has 2 saturated carbocycles. The first-order valence-electron chi connectivity index (χ1n) is 12.0. The first-order valence-corrected chi connectivity index (χ1v) is 14.5. The van der Waals surface area contributed by atoms with E-state index in [0.29, 0.717) is 17.8 Å². The van der Waals surface area contributed by atoms with Crippen LogP contribution in [-0.2, 0) is 9.22 Å². The van der Waals surface area contributed by atoms with Gasteiger partial charge in [0, 0.05) is 18.4 Å². The van der Waals surface area contributed by atoms with Crippen molar-refractivity contribution in [3.63, 3.8) is 0 Å². The summed E-state index contributed by atoms with van der Waals surface area (Å²) in [5.74, 6) is 2.41. The second kappa shape index (κ2) is 10.0. The number of carbonyl (C=O) groups excluding carboxylic acids is 1. The lowest BCUT2D eigenvalue weighted by Crippen LogP contribution is -2.47. The fourth-order valence-electron chi connectivity index (χ4n) is 6.51. The summed E-state index contributed by atoms with van der Waals surface area (Å²) in [6, 6.07) is 3.74. The number of hydrogen-bond donors (Lipinski definition) is 0. The second-order valence-electron chi connectivity index (χ2n) is 10.00. The molecule has 158 valence electrons. The molecule has 2 rings (SSSR count). The van der Waals surface area contributed by atoms with Crippen LogP contribution in [0, 0.1) is 23.2 Å². The minimum absolute atomic E-state index is 0.282. The average Bonchev–Trinajstić information content (AvgIpc) is 2.65. The summed E-state index contributed by atoms with van der Waals surface area (Å²) in [5.41, 5.74) is 0.282. The zero-order chi connectivity index (χ0) is 20.1. The molecule has 0 radical (unpaired) electrons. The summed E-state index contributed by atoms with van der Waals surface area (Å²) < 4.78 is 6.63. The fraction of sp³-hybridized carbons (Fsp3) is 0.958. The first kappa shape index (κ1) is 23.1. The Balaban J connectivity index is 1.86. The minimum Gasteiger partial charge on any atom is -0.414 e. The summed E-state index contributed by atoms with van der Waals surface area (Å²) in [6.45, 7) is 14.2. The number of ketones is 1. The van der Waals surface area contributed by atoms with Gasteiger partial charge in [-0.1, -0.05) is 53.9 Å². The number of carbonyl (C=O) groups is 1. The normalized spacial score (nSPS) is 31.4. The van der Waals surface area contributed by atoms with Crippen molar-refractivity contribution in [2.24, 2.45) is 23.2 Å². The molecular formula is C24H46O2Si. The summed E-state index contributed by atoms with van der Waals surface area (Å²) in [5, 5.41) is 0. The minimum atomic E-state index is -1.47. The number of hydrogen-bond acceptors (Lipinski definition) is 2. The molecule has 0 aromatic heterocycles. The molecular weight excluding hydrogens is 348 g/mol. The van der Waals surface area contributed by atoms with Crippen LogP contribution in [0.3, 0.4) is 0 Å². The summed E-state index contributed by atoms with van der Waals surface area (Å²) in [6.07, 6.45) is 11.2. The van der Waals surface area contributed by atoms with Crippen LogP contribution < -0.4 is 0 Å². The van der Waals surface area contributed by atoms with Gasteiger partial charge in [-0.15, -0.1) is 0 Å². The van der Waals surface area contributed by atoms with Gasteiger partial charge in [0.25, 0.3) is 0 Å². The van der Waals surface area contributed by atoms with Gasteiger partial charge in [0.1, 0.15) is 5.78 Å². The lowest BCUT2D eigenvalue weighted by molar-refractivity contribution is -0.137. The predicted molar refractivity (Wildman–Crippen MR) is 119 cm³/mol. The third kappa shape index (κ3) is 5.26. The van der Waals surface area contributed by atoms with Crippen molar-refractivity contribution in [1.82, 2.24) is 0 Å². The van der Waals surface area contributed by atoms with E-state index in [9.17, 15) is 4.79 Å². The molecule has 0 bridgehead atoms. The van der Waals surface area contributed by atoms with Gasteiger partial charge in [-0.3, -0.25) is 4.79 Å². The molecule has 0 heterocycles. The maximum Gasteiger partial charge on any atom is 0.192 e. The molecule has 2 nitrogen and oxygen atoms in total. The van der Waals surface area contributed by atoms with Crippen LogP contribution in [0.15, 0.2) is 0 Å². The van der Waals surface area contributed by atoms with Gasteiger partial charge in [-0.05, 0) is 74.4 Å². The zero-order valence-corrected chi connectivity index (χ0v) is 20.1. The van der Waals surface area contributed by atoms with Gasteiger partial charge in [0.15, 0.2) is 8.32 Å². The Labute approximate surface area is 170 Å². The lowest BCUT2D eigenvalue weighted by Gasteiger charge is -2.52. The third-order valence-electron chi connectivity index (χ3n) is 8.52. The molecule has 27 heavy (non-hydrogen) atoms. The van der Waals surface area contributed by atoms with Crippen molar-refractivity contribution in [2.45, 2.75) is 124 Å². The third-order valence-corrected chi connectivity index (χ3v) is 13.3. The largest absolute Gasteiger partial charge is 0.414 e. The second-order valence-corrected chi connectivity index (χ2v) is 14.7. The van der Waals surface area contributed by atoms with E-state index >= 15 is 0 Å². The van der Waals surface area contributed by atoms with E-state index in [2.05, 4.69) is 41.5 Å². The highest BCUT2D eigenvalue weighted by atomic mass is 28.4. The van der Waals surface area contributed by atoms with Crippen LogP contribution in [-0.4, -0.2) is 20.2 Å². The number of fused-ring (bicyclic) bond motifs is 1. The Bertz CT molecular complexity index is 465. The zero-order valence-electron chi connectivity index (χ0n) is 19.1. The fourth-order valence-corrected chi connectivity index (χ4v) is 9.49. The SMILES string of the molecule is CC[Si](CC)(CC)OC(C)CCC[C@@H](C)[C@H]1CCC[C@@H]2C(=O)CCC[C@@]21C. The molecule has 0 aromatic carbocycles. The van der Waals surface area contributed by atoms with Crippen molar-refractivity contribution >= 4 is 14.1 Å². The van der Waals surface area contributed by atoms with Gasteiger partial charge >= 0.3 is 0 Å². The highest BCUT2D eigenvalue weighted by molar-refractivity contribution is 6.73. The maximum atomic E-state index is 12.5. The Morgan fingerprint density at radius 1 is 1.07 bits per heavy atom. The molecule has 2 aliphatic rings. The van der Waals surface area contributed by atoms with Gasteiger partial charge in [0.2, 0.25) is 0 Å². The van der Waals surface area contributed by atoms with Crippen LogP contribution in [0.1, 0.15) is 99.3 Å². The van der Waals surface area contributed by atoms with Crippen LogP contribution in [0.4, 0.5) is 0 Å². The molecule has 2 aliphatic carbocycles. The summed E-state index contributed by atoms with van der Waals surface area (Å²) in [4.78, 5) is 12.5. The highest BCUT2D eigenvalue weighted by Crippen LogP contribution is 2.55. The maximum absolute atomic E-state index is 12.5. The van der Waals surface area contributed by atoms with E-state index in [1.807, 2.05) is 0 Å². The van der Waals surface area contributed by atoms with Gasteiger partial charge in [0.05, 0.1) is 0 Å². The van der Waals surface area contributed by atoms with Crippen molar-refractivity contribution in [3.8, 4) is 0 Å². The van der Waals surface area contributed by atoms with Crippen LogP contribution >= 0.6 is 0 Å². The molecule has 0 N–H and O–H groups in total. The quantitative estimate of drug-likeness (QED) is 0.361. The number of Topliss-reactive ketones (excluding diaryl/α,β-unsaturated/α-hetero) is 1. The summed E-state index contributed by atoms with van der Waals surface area (Å²) >= 11 is 0. The van der Waals surface area contributed by atoms with E-state index in [1.54, 1.807) is 0 Å². The topological polar surface area (TPSA) is 26.3 Å². The van der Waals surface area contributed by atoms with E-state index in [4.69, 9.17) is 4.43 Å². The van der Waals surface area contributed by atoms with Gasteiger partial charge in [-0.25, -0.2) is 0 Å². The van der Waals surface area contributed by atoms with Crippen molar-refractivity contribution < 1.29 is 9.22 Å². The average molecular weight is 395 g/mol. The molecule has 0 aliphatic heterocycles. The van der Waals surface area contributed by atoms with Gasteiger partial charge < -0.3 is 4.43 Å². The molecule has 0 aromatic rings. The van der Waals surface area contributed by atoms with E-state index < -0.39 is 8.32 Å². The Hall–Kier alpha value is -0.153. The standard InChI is InChI=1S/C24H46O2Si/c1-7-27(8-2,9-3)26-20(5)14-10-13-19(4)21-15-11-16-22-23(25)17-12-18-24(21,22)6/h19-22H,7-18H2,1-6H3/t19-,20?,21-,22-,24-/m1/s1. The van der Waals surface area contributed by atoms with E-state index in [-0.39, 0.29) is 5.41 Å². The molecule has 1 unspecified atom stereocenters. The monoisotopic (exact) mass is 394 g/mol. The predicted octanol–water partition coefficient (Wildman–Crippen LogP) is 7.38. The number of rotatable bonds is 10. The van der Waals surface area contributed by atoms with E-state index in [0.717, 1.165) is 31.1 Å². The molecule has 3 heteroatoms. The molecule has 0 saturated heterocycles. The Morgan fingerprint density at radius 2 is 1.74 bits per heavy atom. The van der Waals surface area contributed by atoms with Crippen LogP contribution in [0.25, 0.3) is 0 Å².